The van der Waals surface area contributed by atoms with E-state index in [4.69, 9.17) is 11.6 Å². The molecule has 0 amide bonds. The first-order valence-corrected chi connectivity index (χ1v) is 8.73. The molecule has 2 aliphatic rings. The number of piperidine rings is 2. The Hall–Kier alpha value is -0.900. The third-order valence-corrected chi connectivity index (χ3v) is 5.41. The fraction of sp³-hybridized carbons (Fsp3) is 0.611. The number of rotatable bonds is 3. The van der Waals surface area contributed by atoms with Gasteiger partial charge in [-0.15, -0.1) is 0 Å². The molecule has 1 aromatic rings. The summed E-state index contributed by atoms with van der Waals surface area (Å²) in [5.41, 5.74) is 0.805. The van der Waals surface area contributed by atoms with Crippen molar-refractivity contribution in [3.8, 4) is 0 Å². The lowest BCUT2D eigenvalue weighted by atomic mass is 9.88. The smallest absolute Gasteiger partial charge is 0.167 e. The van der Waals surface area contributed by atoms with Gasteiger partial charge in [0.1, 0.15) is 0 Å². The van der Waals surface area contributed by atoms with Gasteiger partial charge in [0, 0.05) is 29.1 Å². The summed E-state index contributed by atoms with van der Waals surface area (Å²) < 4.78 is 0. The van der Waals surface area contributed by atoms with Gasteiger partial charge in [-0.25, -0.2) is 0 Å². The molecular weight excluding hydrogens is 296 g/mol. The van der Waals surface area contributed by atoms with E-state index in [1.54, 1.807) is 0 Å². The van der Waals surface area contributed by atoms with Crippen molar-refractivity contribution < 1.29 is 4.79 Å². The maximum Gasteiger partial charge on any atom is 0.167 e. The third kappa shape index (κ3) is 3.70. The quantitative estimate of drug-likeness (QED) is 0.798. The molecule has 3 nitrogen and oxygen atoms in total. The van der Waals surface area contributed by atoms with Crippen molar-refractivity contribution in [2.45, 2.75) is 31.7 Å². The second-order valence-electron chi connectivity index (χ2n) is 6.74. The SMILES string of the molecule is CN1CCC(N2CCCC(C(=O)c3ccc(Cl)cc3)C2)CC1. The number of benzene rings is 1. The monoisotopic (exact) mass is 320 g/mol. The topological polar surface area (TPSA) is 23.6 Å². The van der Waals surface area contributed by atoms with Crippen molar-refractivity contribution in [2.24, 2.45) is 5.92 Å². The van der Waals surface area contributed by atoms with E-state index in [0.29, 0.717) is 11.1 Å². The summed E-state index contributed by atoms with van der Waals surface area (Å²) in [5, 5.41) is 0.688. The first kappa shape index (κ1) is 16.0. The lowest BCUT2D eigenvalue weighted by Crippen LogP contribution is -2.48. The van der Waals surface area contributed by atoms with Crippen molar-refractivity contribution in [3.63, 3.8) is 0 Å². The Bertz CT molecular complexity index is 508. The zero-order valence-corrected chi connectivity index (χ0v) is 14.1. The maximum atomic E-state index is 12.7. The van der Waals surface area contributed by atoms with Gasteiger partial charge in [0.2, 0.25) is 0 Å². The third-order valence-electron chi connectivity index (χ3n) is 5.16. The molecule has 0 aromatic heterocycles. The molecule has 2 heterocycles. The summed E-state index contributed by atoms with van der Waals surface area (Å²) in [6, 6.07) is 8.01. The predicted molar refractivity (Wildman–Crippen MR) is 90.6 cm³/mol. The summed E-state index contributed by atoms with van der Waals surface area (Å²) in [7, 11) is 2.19. The second kappa shape index (κ2) is 7.12. The van der Waals surface area contributed by atoms with Crippen molar-refractivity contribution in [2.75, 3.05) is 33.2 Å². The van der Waals surface area contributed by atoms with Gasteiger partial charge in [0.25, 0.3) is 0 Å². The van der Waals surface area contributed by atoms with Crippen LogP contribution >= 0.6 is 11.6 Å². The summed E-state index contributed by atoms with van der Waals surface area (Å²) >= 11 is 5.92. The molecule has 2 fully saturated rings. The Morgan fingerprint density at radius 3 is 2.45 bits per heavy atom. The van der Waals surface area contributed by atoms with Gasteiger partial charge in [-0.1, -0.05) is 11.6 Å². The molecule has 0 bridgehead atoms. The van der Waals surface area contributed by atoms with Crippen molar-refractivity contribution in [1.82, 2.24) is 9.80 Å². The van der Waals surface area contributed by atoms with Gasteiger partial charge in [-0.3, -0.25) is 9.69 Å². The van der Waals surface area contributed by atoms with E-state index in [1.807, 2.05) is 24.3 Å². The lowest BCUT2D eigenvalue weighted by Gasteiger charge is -2.41. The van der Waals surface area contributed by atoms with Gasteiger partial charge in [0.15, 0.2) is 5.78 Å². The molecule has 0 saturated carbocycles. The summed E-state index contributed by atoms with van der Waals surface area (Å²) in [5.74, 6) is 0.434. The molecule has 4 heteroatoms. The van der Waals surface area contributed by atoms with E-state index >= 15 is 0 Å². The van der Waals surface area contributed by atoms with Gasteiger partial charge < -0.3 is 4.90 Å². The maximum absolute atomic E-state index is 12.7. The van der Waals surface area contributed by atoms with Crippen molar-refractivity contribution in [3.05, 3.63) is 34.9 Å². The highest BCUT2D eigenvalue weighted by atomic mass is 35.5. The van der Waals surface area contributed by atoms with E-state index in [-0.39, 0.29) is 11.7 Å². The van der Waals surface area contributed by atoms with Crippen LogP contribution in [0.1, 0.15) is 36.0 Å². The first-order chi connectivity index (χ1) is 10.6. The van der Waals surface area contributed by atoms with Crippen LogP contribution in [0.5, 0.6) is 0 Å². The molecule has 22 heavy (non-hydrogen) atoms. The standard InChI is InChI=1S/C18H25ClN2O/c1-20-11-8-17(9-12-20)21-10-2-3-15(13-21)18(22)14-4-6-16(19)7-5-14/h4-7,15,17H,2-3,8-13H2,1H3. The van der Waals surface area contributed by atoms with Gasteiger partial charge >= 0.3 is 0 Å². The van der Waals surface area contributed by atoms with E-state index < -0.39 is 0 Å². The van der Waals surface area contributed by atoms with Crippen LogP contribution in [0.4, 0.5) is 0 Å². The second-order valence-corrected chi connectivity index (χ2v) is 7.18. The molecule has 0 N–H and O–H groups in total. The number of hydrogen-bond donors (Lipinski definition) is 0. The van der Waals surface area contributed by atoms with Gasteiger partial charge in [-0.2, -0.15) is 0 Å². The van der Waals surface area contributed by atoms with Crippen LogP contribution in [-0.4, -0.2) is 54.9 Å². The van der Waals surface area contributed by atoms with Crippen LogP contribution in [-0.2, 0) is 0 Å². The number of likely N-dealkylation sites (tertiary alicyclic amines) is 2. The Kier molecular flexibility index (Phi) is 5.17. The molecule has 2 aliphatic heterocycles. The highest BCUT2D eigenvalue weighted by Gasteiger charge is 2.31. The Balaban J connectivity index is 1.62. The summed E-state index contributed by atoms with van der Waals surface area (Å²) in [4.78, 5) is 17.7. The number of ketones is 1. The molecule has 1 atom stereocenters. The van der Waals surface area contributed by atoms with Crippen molar-refractivity contribution in [1.29, 1.82) is 0 Å². The minimum atomic E-state index is 0.148. The van der Waals surface area contributed by atoms with E-state index in [9.17, 15) is 4.79 Å². The number of carbonyl (C=O) groups is 1. The Labute approximate surface area is 138 Å². The fourth-order valence-corrected chi connectivity index (χ4v) is 3.89. The predicted octanol–water partition coefficient (Wildman–Crippen LogP) is 3.33. The number of hydrogen-bond acceptors (Lipinski definition) is 3. The zero-order chi connectivity index (χ0) is 15.5. The molecule has 120 valence electrons. The molecule has 0 radical (unpaired) electrons. The van der Waals surface area contributed by atoms with Crippen molar-refractivity contribution >= 4 is 17.4 Å². The van der Waals surface area contributed by atoms with Crippen LogP contribution in [0.15, 0.2) is 24.3 Å². The summed E-state index contributed by atoms with van der Waals surface area (Å²) in [6.45, 7) is 4.43. The average molecular weight is 321 g/mol. The lowest BCUT2D eigenvalue weighted by molar-refractivity contribution is 0.0630. The molecule has 1 aromatic carbocycles. The average Bonchev–Trinajstić information content (AvgIpc) is 2.56. The molecule has 0 aliphatic carbocycles. The molecule has 3 rings (SSSR count). The number of nitrogens with zero attached hydrogens (tertiary/aromatic N) is 2. The molecule has 1 unspecified atom stereocenters. The highest BCUT2D eigenvalue weighted by molar-refractivity contribution is 6.30. The van der Waals surface area contributed by atoms with E-state index in [1.165, 1.54) is 25.9 Å². The number of Topliss-reactive ketones (excluding diaryl/α,β-unsaturated/α-hetero) is 1. The Morgan fingerprint density at radius 1 is 1.09 bits per heavy atom. The fourth-order valence-electron chi connectivity index (χ4n) is 3.76. The molecule has 0 spiro atoms. The minimum Gasteiger partial charge on any atom is -0.306 e. The normalized spacial score (nSPS) is 25.3. The van der Waals surface area contributed by atoms with E-state index in [2.05, 4.69) is 16.8 Å². The molecule has 2 saturated heterocycles. The van der Waals surface area contributed by atoms with Crippen LogP contribution in [0.25, 0.3) is 0 Å². The molecular formula is C18H25ClN2O. The number of halogens is 1. The zero-order valence-electron chi connectivity index (χ0n) is 13.3. The Morgan fingerprint density at radius 2 is 1.77 bits per heavy atom. The summed E-state index contributed by atoms with van der Waals surface area (Å²) in [6.07, 6.45) is 4.62. The van der Waals surface area contributed by atoms with Crippen LogP contribution < -0.4 is 0 Å². The largest absolute Gasteiger partial charge is 0.306 e. The minimum absolute atomic E-state index is 0.148. The highest BCUT2D eigenvalue weighted by Crippen LogP contribution is 2.26. The number of carbonyl (C=O) groups excluding carboxylic acids is 1. The van der Waals surface area contributed by atoms with E-state index in [0.717, 1.165) is 31.5 Å². The van der Waals surface area contributed by atoms with Gasteiger partial charge in [0.05, 0.1) is 0 Å². The van der Waals surface area contributed by atoms with Crippen LogP contribution in [0.2, 0.25) is 5.02 Å². The first-order valence-electron chi connectivity index (χ1n) is 8.36. The van der Waals surface area contributed by atoms with Crippen LogP contribution in [0.3, 0.4) is 0 Å². The van der Waals surface area contributed by atoms with Gasteiger partial charge in [-0.05, 0) is 76.6 Å². The van der Waals surface area contributed by atoms with Crippen LogP contribution in [0, 0.1) is 5.92 Å².